The summed E-state index contributed by atoms with van der Waals surface area (Å²) in [6, 6.07) is 10.4. The smallest absolute Gasteiger partial charge is 0.344 e. The summed E-state index contributed by atoms with van der Waals surface area (Å²) >= 11 is 6.22. The molecule has 1 aliphatic rings. The van der Waals surface area contributed by atoms with Crippen LogP contribution in [-0.4, -0.2) is 32.9 Å². The Morgan fingerprint density at radius 1 is 1.12 bits per heavy atom. The minimum atomic E-state index is -0.482. The molecule has 3 rings (SSSR count). The Kier molecular flexibility index (Phi) is 6.07. The number of benzene rings is 2. The number of rotatable bonds is 6. The van der Waals surface area contributed by atoms with Gasteiger partial charge in [-0.3, -0.25) is 0 Å². The zero-order valence-electron chi connectivity index (χ0n) is 14.3. The van der Waals surface area contributed by atoms with E-state index in [1.807, 2.05) is 0 Å². The third kappa shape index (κ3) is 4.73. The number of hydrogen-bond donors (Lipinski definition) is 0. The summed E-state index contributed by atoms with van der Waals surface area (Å²) < 4.78 is 26.9. The van der Waals surface area contributed by atoms with Gasteiger partial charge in [0.15, 0.2) is 18.1 Å². The van der Waals surface area contributed by atoms with Crippen LogP contribution in [-0.2, 0) is 16.1 Å². The molecule has 138 valence electrons. The van der Waals surface area contributed by atoms with E-state index in [4.69, 9.17) is 35.3 Å². The van der Waals surface area contributed by atoms with Crippen LogP contribution in [0.25, 0.3) is 0 Å². The number of halogens is 1. The molecule has 0 bridgehead atoms. The third-order valence-electron chi connectivity index (χ3n) is 3.68. The molecular formula is C19H19ClO6. The van der Waals surface area contributed by atoms with E-state index >= 15 is 0 Å². The largest absolute Gasteiger partial charge is 0.497 e. The Morgan fingerprint density at radius 3 is 2.62 bits per heavy atom. The Morgan fingerprint density at radius 2 is 1.85 bits per heavy atom. The van der Waals surface area contributed by atoms with Crippen LogP contribution in [0.5, 0.6) is 23.0 Å². The van der Waals surface area contributed by atoms with Gasteiger partial charge in [-0.05, 0) is 42.0 Å². The van der Waals surface area contributed by atoms with Crippen LogP contribution in [0, 0.1) is 0 Å². The molecule has 1 aliphatic heterocycles. The van der Waals surface area contributed by atoms with Gasteiger partial charge < -0.3 is 23.7 Å². The monoisotopic (exact) mass is 378 g/mol. The molecule has 6 nitrogen and oxygen atoms in total. The maximum absolute atomic E-state index is 11.9. The molecule has 26 heavy (non-hydrogen) atoms. The maximum Gasteiger partial charge on any atom is 0.344 e. The highest BCUT2D eigenvalue weighted by Gasteiger charge is 2.16. The molecule has 0 radical (unpaired) electrons. The molecule has 0 aliphatic carbocycles. The summed E-state index contributed by atoms with van der Waals surface area (Å²) in [6.07, 6.45) is 0.790. The summed E-state index contributed by atoms with van der Waals surface area (Å²) in [7, 11) is 1.58. The van der Waals surface area contributed by atoms with E-state index in [1.54, 1.807) is 43.5 Å². The predicted octanol–water partition coefficient (Wildman–Crippen LogP) is 3.63. The van der Waals surface area contributed by atoms with Crippen LogP contribution in [0.1, 0.15) is 12.0 Å². The average molecular weight is 379 g/mol. The normalized spacial score (nSPS) is 12.8. The molecule has 2 aromatic carbocycles. The first kappa shape index (κ1) is 18.2. The third-order valence-corrected chi connectivity index (χ3v) is 3.96. The topological polar surface area (TPSA) is 63.2 Å². The van der Waals surface area contributed by atoms with Gasteiger partial charge in [-0.1, -0.05) is 11.6 Å². The minimum absolute atomic E-state index is 0.0706. The quantitative estimate of drug-likeness (QED) is 0.715. The van der Waals surface area contributed by atoms with E-state index in [1.165, 1.54) is 0 Å². The summed E-state index contributed by atoms with van der Waals surface area (Å²) in [4.78, 5) is 11.9. The van der Waals surface area contributed by atoms with Crippen LogP contribution >= 0.6 is 11.6 Å². The number of fused-ring (bicyclic) bond motifs is 1. The molecule has 0 unspecified atom stereocenters. The highest BCUT2D eigenvalue weighted by molar-refractivity contribution is 6.32. The number of methoxy groups -OCH3 is 1. The Bertz CT molecular complexity index is 759. The van der Waals surface area contributed by atoms with Gasteiger partial charge in [0.2, 0.25) is 0 Å². The van der Waals surface area contributed by atoms with Crippen molar-refractivity contribution >= 4 is 17.6 Å². The number of carbonyl (C=O) groups is 1. The second-order valence-electron chi connectivity index (χ2n) is 5.58. The number of hydrogen-bond acceptors (Lipinski definition) is 6. The molecule has 7 heteroatoms. The van der Waals surface area contributed by atoms with E-state index in [0.29, 0.717) is 41.2 Å². The summed E-state index contributed by atoms with van der Waals surface area (Å²) in [5, 5.41) is 0.435. The SMILES string of the molecule is COc1ccc(OCC(=O)OCc2cc(Cl)c3c(c2)OCCCO3)cc1. The molecule has 0 spiro atoms. The lowest BCUT2D eigenvalue weighted by molar-refractivity contribution is -0.147. The lowest BCUT2D eigenvalue weighted by Crippen LogP contribution is -2.14. The van der Waals surface area contributed by atoms with Crippen molar-refractivity contribution in [2.75, 3.05) is 26.9 Å². The van der Waals surface area contributed by atoms with Crippen LogP contribution in [0.15, 0.2) is 36.4 Å². The van der Waals surface area contributed by atoms with Crippen molar-refractivity contribution in [3.63, 3.8) is 0 Å². The summed E-state index contributed by atoms with van der Waals surface area (Å²) in [6.45, 7) is 0.998. The van der Waals surface area contributed by atoms with Crippen molar-refractivity contribution in [2.45, 2.75) is 13.0 Å². The van der Waals surface area contributed by atoms with Crippen LogP contribution < -0.4 is 18.9 Å². The van der Waals surface area contributed by atoms with Crippen molar-refractivity contribution in [2.24, 2.45) is 0 Å². The zero-order valence-corrected chi connectivity index (χ0v) is 15.1. The second-order valence-corrected chi connectivity index (χ2v) is 5.99. The van der Waals surface area contributed by atoms with Gasteiger partial charge in [-0.15, -0.1) is 0 Å². The maximum atomic E-state index is 11.9. The minimum Gasteiger partial charge on any atom is -0.497 e. The molecule has 0 atom stereocenters. The van der Waals surface area contributed by atoms with Crippen molar-refractivity contribution < 1.29 is 28.5 Å². The van der Waals surface area contributed by atoms with Crippen LogP contribution in [0.2, 0.25) is 5.02 Å². The molecule has 0 saturated carbocycles. The fourth-order valence-electron chi connectivity index (χ4n) is 2.39. The van der Waals surface area contributed by atoms with Gasteiger partial charge >= 0.3 is 5.97 Å². The second kappa shape index (κ2) is 8.67. The van der Waals surface area contributed by atoms with Crippen molar-refractivity contribution in [1.29, 1.82) is 0 Å². The first-order valence-corrected chi connectivity index (χ1v) is 8.54. The molecule has 0 fully saturated rings. The van der Waals surface area contributed by atoms with Gasteiger partial charge in [0, 0.05) is 6.42 Å². The average Bonchev–Trinajstić information content (AvgIpc) is 2.91. The molecule has 0 aromatic heterocycles. The first-order valence-electron chi connectivity index (χ1n) is 8.16. The van der Waals surface area contributed by atoms with Gasteiger partial charge in [-0.2, -0.15) is 0 Å². The number of ether oxygens (including phenoxy) is 5. The lowest BCUT2D eigenvalue weighted by atomic mass is 10.2. The first-order chi connectivity index (χ1) is 12.7. The van der Waals surface area contributed by atoms with Gasteiger partial charge in [-0.25, -0.2) is 4.79 Å². The van der Waals surface area contributed by atoms with Gasteiger partial charge in [0.25, 0.3) is 0 Å². The van der Waals surface area contributed by atoms with E-state index < -0.39 is 5.97 Å². The van der Waals surface area contributed by atoms with E-state index in [-0.39, 0.29) is 13.2 Å². The van der Waals surface area contributed by atoms with Crippen molar-refractivity contribution in [3.8, 4) is 23.0 Å². The Labute approximate surface area is 156 Å². The van der Waals surface area contributed by atoms with Crippen LogP contribution in [0.3, 0.4) is 0 Å². The molecular weight excluding hydrogens is 360 g/mol. The summed E-state index contributed by atoms with van der Waals surface area (Å²) in [5.74, 6) is 1.88. The fraction of sp³-hybridized carbons (Fsp3) is 0.316. The molecule has 0 saturated heterocycles. The summed E-state index contributed by atoms with van der Waals surface area (Å²) in [5.41, 5.74) is 0.719. The highest BCUT2D eigenvalue weighted by Crippen LogP contribution is 2.38. The molecule has 2 aromatic rings. The van der Waals surface area contributed by atoms with E-state index in [0.717, 1.165) is 12.0 Å². The fourth-order valence-corrected chi connectivity index (χ4v) is 2.68. The Balaban J connectivity index is 1.52. The zero-order chi connectivity index (χ0) is 18.4. The van der Waals surface area contributed by atoms with Gasteiger partial charge in [0.1, 0.15) is 18.1 Å². The Hall–Kier alpha value is -2.60. The lowest BCUT2D eigenvalue weighted by Gasteiger charge is -2.12. The highest BCUT2D eigenvalue weighted by atomic mass is 35.5. The van der Waals surface area contributed by atoms with Crippen LogP contribution in [0.4, 0.5) is 0 Å². The van der Waals surface area contributed by atoms with E-state index in [9.17, 15) is 4.79 Å². The van der Waals surface area contributed by atoms with Crippen molar-refractivity contribution in [1.82, 2.24) is 0 Å². The molecule has 0 amide bonds. The van der Waals surface area contributed by atoms with Crippen molar-refractivity contribution in [3.05, 3.63) is 47.0 Å². The van der Waals surface area contributed by atoms with E-state index in [2.05, 4.69) is 0 Å². The molecule has 1 heterocycles. The number of esters is 1. The van der Waals surface area contributed by atoms with Gasteiger partial charge in [0.05, 0.1) is 25.3 Å². The standard InChI is InChI=1S/C19H19ClO6/c1-22-14-3-5-15(6-4-14)25-12-18(21)26-11-13-9-16(20)19-17(10-13)23-7-2-8-24-19/h3-6,9-10H,2,7-8,11-12H2,1H3. The molecule has 0 N–H and O–H groups in total. The number of carbonyl (C=O) groups excluding carboxylic acids is 1. The predicted molar refractivity (Wildman–Crippen MR) is 95.3 cm³/mol.